The van der Waals surface area contributed by atoms with E-state index in [1.54, 1.807) is 73.1 Å². The smallest absolute Gasteiger partial charge is 0.417 e. The third kappa shape index (κ3) is 6.22. The highest BCUT2D eigenvalue weighted by molar-refractivity contribution is 7.90. The number of pyridine rings is 1. The van der Waals surface area contributed by atoms with Crippen molar-refractivity contribution in [1.82, 2.24) is 4.98 Å². The number of allylic oxidation sites excluding steroid dienone is 1. The minimum atomic E-state index is -4.97. The van der Waals surface area contributed by atoms with Crippen LogP contribution in [0.2, 0.25) is 0 Å². The van der Waals surface area contributed by atoms with Crippen LogP contribution in [0.4, 0.5) is 23.2 Å². The maximum absolute atomic E-state index is 14.9. The summed E-state index contributed by atoms with van der Waals surface area (Å²) in [6.45, 7) is 0. The van der Waals surface area contributed by atoms with Gasteiger partial charge in [-0.05, 0) is 71.5 Å². The van der Waals surface area contributed by atoms with E-state index >= 15 is 0 Å². The molecule has 40 heavy (non-hydrogen) atoms. The normalized spacial score (nSPS) is 12.3. The zero-order valence-corrected chi connectivity index (χ0v) is 21.7. The number of halogens is 4. The summed E-state index contributed by atoms with van der Waals surface area (Å²) in [5.74, 6) is -2.45. The predicted molar refractivity (Wildman–Crippen MR) is 147 cm³/mol. The van der Waals surface area contributed by atoms with Gasteiger partial charge >= 0.3 is 6.18 Å². The SMILES string of the molecule is C[S+]([O-])c1ccc(-c2cnc(-c3ccccc3)c(NC(=O)c3cc(C(=N)/C=C\N)c(C(F)(F)F)cc3F)c2)cc1. The molecule has 0 bridgehead atoms. The Balaban J connectivity index is 1.80. The van der Waals surface area contributed by atoms with Gasteiger partial charge in [0, 0.05) is 22.9 Å². The number of nitrogens with one attached hydrogen (secondary N) is 2. The van der Waals surface area contributed by atoms with E-state index in [2.05, 4.69) is 10.3 Å². The topological polar surface area (TPSA) is 115 Å². The van der Waals surface area contributed by atoms with Crippen LogP contribution in [0, 0.1) is 11.2 Å². The summed E-state index contributed by atoms with van der Waals surface area (Å²) in [5.41, 5.74) is 4.20. The molecule has 1 atom stereocenters. The van der Waals surface area contributed by atoms with Gasteiger partial charge in [-0.25, -0.2) is 4.39 Å². The lowest BCUT2D eigenvalue weighted by Gasteiger charge is -2.16. The number of carbonyl (C=O) groups excluding carboxylic acids is 1. The Bertz CT molecular complexity index is 1590. The number of carbonyl (C=O) groups is 1. The average molecular weight is 567 g/mol. The first-order valence-electron chi connectivity index (χ1n) is 11.7. The molecule has 4 aromatic rings. The molecule has 204 valence electrons. The zero-order chi connectivity index (χ0) is 29.0. The molecule has 1 aromatic heterocycles. The van der Waals surface area contributed by atoms with Crippen molar-refractivity contribution in [2.45, 2.75) is 11.1 Å². The highest BCUT2D eigenvalue weighted by atomic mass is 32.2. The first kappa shape index (κ1) is 28.5. The summed E-state index contributed by atoms with van der Waals surface area (Å²) >= 11 is -1.18. The van der Waals surface area contributed by atoms with E-state index in [1.807, 2.05) is 0 Å². The molecule has 4 N–H and O–H groups in total. The monoisotopic (exact) mass is 566 g/mol. The molecule has 1 amide bonds. The summed E-state index contributed by atoms with van der Waals surface area (Å²) in [7, 11) is 0. The van der Waals surface area contributed by atoms with E-state index in [1.165, 1.54) is 0 Å². The number of hydrogen-bond donors (Lipinski definition) is 3. The van der Waals surface area contributed by atoms with Crippen molar-refractivity contribution in [3.63, 3.8) is 0 Å². The van der Waals surface area contributed by atoms with Gasteiger partial charge in [0.15, 0.2) is 4.90 Å². The van der Waals surface area contributed by atoms with Gasteiger partial charge in [0.05, 0.1) is 28.2 Å². The number of rotatable bonds is 7. The molecule has 6 nitrogen and oxygen atoms in total. The van der Waals surface area contributed by atoms with Gasteiger partial charge in [0.1, 0.15) is 12.1 Å². The Hall–Kier alpha value is -4.48. The fourth-order valence-electron chi connectivity index (χ4n) is 3.96. The quantitative estimate of drug-likeness (QED) is 0.136. The molecule has 1 heterocycles. The lowest BCUT2D eigenvalue weighted by atomic mass is 9.98. The lowest BCUT2D eigenvalue weighted by molar-refractivity contribution is -0.137. The molecule has 4 rings (SSSR count). The summed E-state index contributed by atoms with van der Waals surface area (Å²) in [5, 5.41) is 10.5. The maximum Gasteiger partial charge on any atom is 0.417 e. The van der Waals surface area contributed by atoms with Gasteiger partial charge in [-0.2, -0.15) is 13.2 Å². The molecular formula is C29H22F4N4O2S. The van der Waals surface area contributed by atoms with Crippen LogP contribution in [0.5, 0.6) is 0 Å². The lowest BCUT2D eigenvalue weighted by Crippen LogP contribution is -2.19. The molecule has 0 aliphatic carbocycles. The van der Waals surface area contributed by atoms with E-state index in [4.69, 9.17) is 11.1 Å². The number of aromatic nitrogens is 1. The van der Waals surface area contributed by atoms with Crippen LogP contribution in [0.3, 0.4) is 0 Å². The second-order valence-electron chi connectivity index (χ2n) is 8.57. The van der Waals surface area contributed by atoms with Crippen molar-refractivity contribution < 1.29 is 26.9 Å². The Kier molecular flexibility index (Phi) is 8.36. The Morgan fingerprint density at radius 1 is 1.00 bits per heavy atom. The number of anilines is 1. The Labute approximate surface area is 230 Å². The fraction of sp³-hybridized carbons (Fsp3) is 0.0690. The van der Waals surface area contributed by atoms with Crippen LogP contribution in [0.25, 0.3) is 22.4 Å². The second-order valence-corrected chi connectivity index (χ2v) is 9.95. The van der Waals surface area contributed by atoms with E-state index in [-0.39, 0.29) is 11.8 Å². The van der Waals surface area contributed by atoms with Crippen molar-refractivity contribution in [1.29, 1.82) is 5.41 Å². The van der Waals surface area contributed by atoms with Gasteiger partial charge in [-0.1, -0.05) is 30.3 Å². The number of alkyl halides is 3. The van der Waals surface area contributed by atoms with Crippen LogP contribution in [-0.4, -0.2) is 27.4 Å². The van der Waals surface area contributed by atoms with Crippen molar-refractivity contribution in [2.75, 3.05) is 11.6 Å². The minimum Gasteiger partial charge on any atom is -0.612 e. The Morgan fingerprint density at radius 3 is 2.27 bits per heavy atom. The largest absolute Gasteiger partial charge is 0.612 e. The summed E-state index contributed by atoms with van der Waals surface area (Å²) in [6, 6.07) is 18.1. The maximum atomic E-state index is 14.9. The molecule has 1 unspecified atom stereocenters. The van der Waals surface area contributed by atoms with Crippen LogP contribution < -0.4 is 11.1 Å². The number of nitrogens with two attached hydrogens (primary N) is 1. The van der Waals surface area contributed by atoms with E-state index in [9.17, 15) is 26.9 Å². The van der Waals surface area contributed by atoms with Crippen LogP contribution in [0.15, 0.2) is 96.2 Å². The Morgan fingerprint density at radius 2 is 1.68 bits per heavy atom. The molecule has 11 heteroatoms. The third-order valence-corrected chi connectivity index (χ3v) is 6.85. The van der Waals surface area contributed by atoms with Crippen molar-refractivity contribution in [2.24, 2.45) is 5.73 Å². The molecule has 3 aromatic carbocycles. The zero-order valence-electron chi connectivity index (χ0n) is 20.9. The molecule has 0 spiro atoms. The number of amides is 1. The van der Waals surface area contributed by atoms with Crippen molar-refractivity contribution in [3.05, 3.63) is 114 Å². The van der Waals surface area contributed by atoms with E-state index in [0.29, 0.717) is 33.3 Å². The summed E-state index contributed by atoms with van der Waals surface area (Å²) in [6.07, 6.45) is -0.0613. The van der Waals surface area contributed by atoms with Crippen molar-refractivity contribution >= 4 is 28.5 Å². The van der Waals surface area contributed by atoms with Crippen LogP contribution >= 0.6 is 0 Å². The molecule has 0 radical (unpaired) electrons. The first-order valence-corrected chi connectivity index (χ1v) is 13.2. The highest BCUT2D eigenvalue weighted by Crippen LogP contribution is 2.35. The van der Waals surface area contributed by atoms with Gasteiger partial charge in [0.25, 0.3) is 5.91 Å². The van der Waals surface area contributed by atoms with Gasteiger partial charge < -0.3 is 21.0 Å². The molecular weight excluding hydrogens is 544 g/mol. The molecule has 0 saturated carbocycles. The standard InChI is InChI=1S/C29H22F4N4O2S/c1-40(39)20-9-7-17(8-10-20)19-13-26(27(36-16-19)18-5-3-2-4-6-18)37-28(38)22-14-21(25(35)11-12-34)23(15-24(22)30)29(31,32)33/h2-16,35H,34H2,1H3,(H,37,38)/b12-11-,35-25?. The molecule has 0 saturated heterocycles. The van der Waals surface area contributed by atoms with E-state index in [0.717, 1.165) is 12.3 Å². The number of benzene rings is 3. The number of nitrogens with zero attached hydrogens (tertiary/aromatic N) is 1. The minimum absolute atomic E-state index is 0.176. The van der Waals surface area contributed by atoms with Crippen molar-refractivity contribution in [3.8, 4) is 22.4 Å². The average Bonchev–Trinajstić information content (AvgIpc) is 2.93. The van der Waals surface area contributed by atoms with Crippen LogP contribution in [0.1, 0.15) is 21.5 Å². The van der Waals surface area contributed by atoms with Gasteiger partial charge in [-0.3, -0.25) is 9.78 Å². The fourth-order valence-corrected chi connectivity index (χ4v) is 4.48. The second kappa shape index (κ2) is 11.7. The summed E-state index contributed by atoms with van der Waals surface area (Å²) < 4.78 is 67.4. The molecule has 0 fully saturated rings. The highest BCUT2D eigenvalue weighted by Gasteiger charge is 2.36. The summed E-state index contributed by atoms with van der Waals surface area (Å²) in [4.78, 5) is 18.4. The molecule has 0 aliphatic rings. The van der Waals surface area contributed by atoms with Gasteiger partial charge in [0.2, 0.25) is 0 Å². The van der Waals surface area contributed by atoms with Crippen LogP contribution in [-0.2, 0) is 17.4 Å². The predicted octanol–water partition coefficient (Wildman–Crippen LogP) is 6.40. The first-order chi connectivity index (χ1) is 19.0. The van der Waals surface area contributed by atoms with E-state index < -0.39 is 51.5 Å². The third-order valence-electron chi connectivity index (χ3n) is 5.91. The van der Waals surface area contributed by atoms with Gasteiger partial charge in [-0.15, -0.1) is 0 Å². The molecule has 0 aliphatic heterocycles. The number of hydrogen-bond acceptors (Lipinski definition) is 5.